The Morgan fingerprint density at radius 3 is 3.16 bits per heavy atom. The Hall–Kier alpha value is -1.23. The Morgan fingerprint density at radius 1 is 1.58 bits per heavy atom. The first-order chi connectivity index (χ1) is 9.29. The third kappa shape index (κ3) is 4.42. The van der Waals surface area contributed by atoms with Crippen LogP contribution in [-0.2, 0) is 6.54 Å². The zero-order valence-electron chi connectivity index (χ0n) is 11.6. The highest BCUT2D eigenvalue weighted by molar-refractivity contribution is 7.99. The van der Waals surface area contributed by atoms with Crippen LogP contribution in [0.5, 0.6) is 0 Å². The van der Waals surface area contributed by atoms with Crippen molar-refractivity contribution in [2.75, 3.05) is 18.6 Å². The highest BCUT2D eigenvalue weighted by atomic mass is 32.2. The fourth-order valence-electron chi connectivity index (χ4n) is 2.11. The van der Waals surface area contributed by atoms with Crippen LogP contribution in [0.1, 0.15) is 24.1 Å². The van der Waals surface area contributed by atoms with E-state index in [-0.39, 0.29) is 0 Å². The quantitative estimate of drug-likeness (QED) is 0.655. The Kier molecular flexibility index (Phi) is 5.51. The largest absolute Gasteiger partial charge is 0.353 e. The van der Waals surface area contributed by atoms with Crippen LogP contribution in [0.3, 0.4) is 0 Å². The number of aromatic nitrogens is 1. The van der Waals surface area contributed by atoms with Gasteiger partial charge in [-0.3, -0.25) is 9.98 Å². The molecule has 2 rings (SSSR count). The van der Waals surface area contributed by atoms with Crippen molar-refractivity contribution in [2.24, 2.45) is 4.99 Å². The molecule has 1 fully saturated rings. The van der Waals surface area contributed by atoms with Crippen molar-refractivity contribution in [2.45, 2.75) is 32.4 Å². The van der Waals surface area contributed by atoms with Crippen LogP contribution in [0.2, 0.25) is 0 Å². The molecule has 0 bridgehead atoms. The normalized spacial score (nSPS) is 20.1. The molecule has 0 aromatic carbocycles. The molecule has 1 aromatic heterocycles. The molecule has 2 N–H and O–H groups in total. The van der Waals surface area contributed by atoms with E-state index in [4.69, 9.17) is 0 Å². The van der Waals surface area contributed by atoms with Gasteiger partial charge in [0, 0.05) is 25.0 Å². The molecule has 1 saturated heterocycles. The summed E-state index contributed by atoms with van der Waals surface area (Å²) in [6.45, 7) is 2.80. The second-order valence-corrected chi connectivity index (χ2v) is 5.90. The number of hydrogen-bond acceptors (Lipinski definition) is 3. The summed E-state index contributed by atoms with van der Waals surface area (Å²) in [5.41, 5.74) is 2.28. The number of nitrogens with zero attached hydrogens (tertiary/aromatic N) is 2. The SMILES string of the molecule is CN=C(NCc1ncccc1C)NC1CCCSC1. The van der Waals surface area contributed by atoms with Crippen LogP contribution in [-0.4, -0.2) is 35.5 Å². The smallest absolute Gasteiger partial charge is 0.191 e. The van der Waals surface area contributed by atoms with Crippen molar-refractivity contribution < 1.29 is 0 Å². The molecule has 0 aliphatic carbocycles. The van der Waals surface area contributed by atoms with Crippen molar-refractivity contribution >= 4 is 17.7 Å². The third-order valence-corrected chi connectivity index (χ3v) is 4.48. The minimum absolute atomic E-state index is 0.537. The Bertz CT molecular complexity index is 427. The first-order valence-electron chi connectivity index (χ1n) is 6.75. The van der Waals surface area contributed by atoms with E-state index in [2.05, 4.69) is 33.6 Å². The molecule has 1 unspecified atom stereocenters. The maximum atomic E-state index is 4.38. The lowest BCUT2D eigenvalue weighted by atomic mass is 10.2. The highest BCUT2D eigenvalue weighted by Gasteiger charge is 2.14. The standard InChI is InChI=1S/C14H22N4S/c1-11-5-3-7-16-13(11)9-17-14(15-2)18-12-6-4-8-19-10-12/h3,5,7,12H,4,6,8-10H2,1-2H3,(H2,15,17,18). The van der Waals surface area contributed by atoms with Crippen LogP contribution >= 0.6 is 11.8 Å². The number of aryl methyl sites for hydroxylation is 1. The Labute approximate surface area is 119 Å². The fraction of sp³-hybridized carbons (Fsp3) is 0.571. The maximum Gasteiger partial charge on any atom is 0.191 e. The van der Waals surface area contributed by atoms with Crippen LogP contribution in [0.4, 0.5) is 0 Å². The molecular formula is C14H22N4S. The molecule has 0 spiro atoms. The predicted octanol–water partition coefficient (Wildman–Crippen LogP) is 1.95. The predicted molar refractivity (Wildman–Crippen MR) is 82.7 cm³/mol. The lowest BCUT2D eigenvalue weighted by Gasteiger charge is -2.24. The molecule has 5 heteroatoms. The second kappa shape index (κ2) is 7.38. The zero-order chi connectivity index (χ0) is 13.5. The van der Waals surface area contributed by atoms with E-state index in [0.717, 1.165) is 11.7 Å². The van der Waals surface area contributed by atoms with E-state index >= 15 is 0 Å². The van der Waals surface area contributed by atoms with Crippen molar-refractivity contribution in [1.29, 1.82) is 0 Å². The average Bonchev–Trinajstić information content (AvgIpc) is 2.46. The molecule has 4 nitrogen and oxygen atoms in total. The molecule has 19 heavy (non-hydrogen) atoms. The summed E-state index contributed by atoms with van der Waals surface area (Å²) in [6, 6.07) is 4.58. The van der Waals surface area contributed by atoms with E-state index in [0.29, 0.717) is 12.6 Å². The van der Waals surface area contributed by atoms with Crippen molar-refractivity contribution in [1.82, 2.24) is 15.6 Å². The van der Waals surface area contributed by atoms with Gasteiger partial charge in [0.25, 0.3) is 0 Å². The number of thioether (sulfide) groups is 1. The van der Waals surface area contributed by atoms with Gasteiger partial charge in [-0.25, -0.2) is 0 Å². The Balaban J connectivity index is 1.84. The number of nitrogens with one attached hydrogen (secondary N) is 2. The summed E-state index contributed by atoms with van der Waals surface area (Å²) < 4.78 is 0. The lowest BCUT2D eigenvalue weighted by molar-refractivity contribution is 0.581. The number of pyridine rings is 1. The molecule has 0 radical (unpaired) electrons. The van der Waals surface area contributed by atoms with Crippen molar-refractivity contribution in [3.8, 4) is 0 Å². The molecule has 0 amide bonds. The molecule has 1 atom stereocenters. The number of guanidine groups is 1. The summed E-state index contributed by atoms with van der Waals surface area (Å²) >= 11 is 2.01. The maximum absolute atomic E-state index is 4.38. The summed E-state index contributed by atoms with van der Waals surface area (Å²) in [7, 11) is 1.82. The van der Waals surface area contributed by atoms with E-state index in [1.54, 1.807) is 0 Å². The van der Waals surface area contributed by atoms with Gasteiger partial charge in [0.1, 0.15) is 0 Å². The minimum atomic E-state index is 0.537. The van der Waals surface area contributed by atoms with Gasteiger partial charge in [-0.05, 0) is 37.1 Å². The summed E-state index contributed by atoms with van der Waals surface area (Å²) in [5, 5.41) is 6.83. The second-order valence-electron chi connectivity index (χ2n) is 4.75. The Morgan fingerprint density at radius 2 is 2.47 bits per heavy atom. The number of rotatable bonds is 3. The minimum Gasteiger partial charge on any atom is -0.353 e. The summed E-state index contributed by atoms with van der Waals surface area (Å²) in [6.07, 6.45) is 4.35. The van der Waals surface area contributed by atoms with E-state index in [9.17, 15) is 0 Å². The van der Waals surface area contributed by atoms with Gasteiger partial charge in [-0.1, -0.05) is 6.07 Å². The van der Waals surface area contributed by atoms with Gasteiger partial charge in [0.2, 0.25) is 0 Å². The van der Waals surface area contributed by atoms with E-state index in [1.807, 2.05) is 31.1 Å². The average molecular weight is 278 g/mol. The lowest BCUT2D eigenvalue weighted by Crippen LogP contribution is -2.45. The van der Waals surface area contributed by atoms with Crippen LogP contribution in [0.25, 0.3) is 0 Å². The number of hydrogen-bond donors (Lipinski definition) is 2. The molecule has 1 aliphatic rings. The van der Waals surface area contributed by atoms with E-state index in [1.165, 1.54) is 29.9 Å². The van der Waals surface area contributed by atoms with Gasteiger partial charge < -0.3 is 10.6 Å². The van der Waals surface area contributed by atoms with Crippen LogP contribution in [0.15, 0.2) is 23.3 Å². The van der Waals surface area contributed by atoms with Crippen LogP contribution in [0, 0.1) is 6.92 Å². The molecular weight excluding hydrogens is 256 g/mol. The number of aliphatic imine (C=N–C) groups is 1. The van der Waals surface area contributed by atoms with Crippen LogP contribution < -0.4 is 10.6 Å². The monoisotopic (exact) mass is 278 g/mol. The summed E-state index contributed by atoms with van der Waals surface area (Å²) in [5.74, 6) is 3.33. The third-order valence-electron chi connectivity index (χ3n) is 3.27. The summed E-state index contributed by atoms with van der Waals surface area (Å²) in [4.78, 5) is 8.67. The molecule has 1 aliphatic heterocycles. The molecule has 1 aromatic rings. The highest BCUT2D eigenvalue weighted by Crippen LogP contribution is 2.16. The van der Waals surface area contributed by atoms with E-state index < -0.39 is 0 Å². The van der Waals surface area contributed by atoms with Gasteiger partial charge in [-0.15, -0.1) is 0 Å². The molecule has 104 valence electrons. The zero-order valence-corrected chi connectivity index (χ0v) is 12.5. The van der Waals surface area contributed by atoms with Gasteiger partial charge >= 0.3 is 0 Å². The van der Waals surface area contributed by atoms with Gasteiger partial charge in [0.05, 0.1) is 12.2 Å². The first kappa shape index (κ1) is 14.2. The fourth-order valence-corrected chi connectivity index (χ4v) is 3.19. The first-order valence-corrected chi connectivity index (χ1v) is 7.90. The molecule has 2 heterocycles. The van der Waals surface area contributed by atoms with Crippen molar-refractivity contribution in [3.63, 3.8) is 0 Å². The topological polar surface area (TPSA) is 49.3 Å². The van der Waals surface area contributed by atoms with Gasteiger partial charge in [-0.2, -0.15) is 11.8 Å². The van der Waals surface area contributed by atoms with Gasteiger partial charge in [0.15, 0.2) is 5.96 Å². The van der Waals surface area contributed by atoms with Crippen molar-refractivity contribution in [3.05, 3.63) is 29.6 Å². The molecule has 0 saturated carbocycles.